The molecular formula is C24H26N2O4S. The number of ether oxygens (including phenoxy) is 2. The molecule has 0 N–H and O–H groups in total. The van der Waals surface area contributed by atoms with E-state index in [1.807, 2.05) is 41.7 Å². The third-order valence-corrected chi connectivity index (χ3v) is 5.14. The molecule has 0 aliphatic heterocycles. The van der Waals surface area contributed by atoms with Crippen molar-refractivity contribution in [1.82, 2.24) is 4.31 Å². The third kappa shape index (κ3) is 9.98. The minimum Gasteiger partial charge on any atom is -0.461 e. The molecule has 0 atom stereocenters. The normalized spacial score (nSPS) is 11.1. The first kappa shape index (κ1) is 24.2. The van der Waals surface area contributed by atoms with Gasteiger partial charge in [-0.25, -0.2) is 4.31 Å². The number of esters is 1. The summed E-state index contributed by atoms with van der Waals surface area (Å²) >= 11 is 1.33. The summed E-state index contributed by atoms with van der Waals surface area (Å²) in [5, 5.41) is 9.30. The Kier molecular flexibility index (Phi) is 10.9. The molecule has 0 heterocycles. The molecule has 0 saturated heterocycles. The van der Waals surface area contributed by atoms with Gasteiger partial charge in [0.05, 0.1) is 11.6 Å². The van der Waals surface area contributed by atoms with Crippen LogP contribution in [0.2, 0.25) is 0 Å². The maximum Gasteiger partial charge on any atom is 0.306 e. The molecule has 0 fully saturated rings. The van der Waals surface area contributed by atoms with Crippen molar-refractivity contribution in [2.75, 3.05) is 13.6 Å². The van der Waals surface area contributed by atoms with Crippen molar-refractivity contribution in [2.24, 2.45) is 0 Å². The first-order valence-electron chi connectivity index (χ1n) is 10.0. The van der Waals surface area contributed by atoms with Crippen LogP contribution >= 0.6 is 11.9 Å². The second-order valence-electron chi connectivity index (χ2n) is 6.76. The molecule has 2 rings (SSSR count). The Hall–Kier alpha value is -3.08. The van der Waals surface area contributed by atoms with E-state index in [2.05, 4.69) is 6.07 Å². The number of carbonyl (C=O) groups excluding carboxylic acids is 2. The minimum absolute atomic E-state index is 0.182. The SMILES string of the molecule is CN(CCCCCC(=O)OCc1ccccc1)S/C(=C\C=O)Oc1ccc(C#N)cc1. The van der Waals surface area contributed by atoms with Gasteiger partial charge in [0.2, 0.25) is 0 Å². The molecule has 7 heteroatoms. The maximum absolute atomic E-state index is 11.8. The Bertz CT molecular complexity index is 892. The average Bonchev–Trinajstić information content (AvgIpc) is 2.79. The van der Waals surface area contributed by atoms with E-state index >= 15 is 0 Å². The lowest BCUT2D eigenvalue weighted by atomic mass is 10.2. The molecule has 0 amide bonds. The molecule has 2 aromatic rings. The highest BCUT2D eigenvalue weighted by Gasteiger charge is 2.08. The van der Waals surface area contributed by atoms with Gasteiger partial charge >= 0.3 is 5.97 Å². The van der Waals surface area contributed by atoms with E-state index in [0.717, 1.165) is 31.4 Å². The maximum atomic E-state index is 11.8. The van der Waals surface area contributed by atoms with Crippen molar-refractivity contribution in [2.45, 2.75) is 32.3 Å². The highest BCUT2D eigenvalue weighted by atomic mass is 32.2. The number of hydrogen-bond donors (Lipinski definition) is 0. The van der Waals surface area contributed by atoms with Crippen molar-refractivity contribution in [3.63, 3.8) is 0 Å². The van der Waals surface area contributed by atoms with Gasteiger partial charge in [-0.05, 0) is 61.7 Å². The fraction of sp³-hybridized carbons (Fsp3) is 0.292. The van der Waals surface area contributed by atoms with Crippen LogP contribution in [0.4, 0.5) is 0 Å². The Balaban J connectivity index is 1.63. The molecule has 0 unspecified atom stereocenters. The fourth-order valence-electron chi connectivity index (χ4n) is 2.64. The van der Waals surface area contributed by atoms with Crippen LogP contribution in [0.1, 0.15) is 36.8 Å². The number of benzene rings is 2. The van der Waals surface area contributed by atoms with Crippen molar-refractivity contribution in [3.05, 3.63) is 76.9 Å². The summed E-state index contributed by atoms with van der Waals surface area (Å²) in [5.41, 5.74) is 1.53. The van der Waals surface area contributed by atoms with Crippen LogP contribution in [0, 0.1) is 11.3 Å². The van der Waals surface area contributed by atoms with Crippen LogP contribution in [0.25, 0.3) is 0 Å². The standard InChI is InChI=1S/C24H26N2O4S/c1-26(31-24(15-17-27)30-22-13-11-20(18-25)12-14-22)16-7-3-6-10-23(28)29-19-21-8-4-2-5-9-21/h2,4-5,8-9,11-15,17H,3,6-7,10,16,19H2,1H3/b24-15-. The zero-order chi connectivity index (χ0) is 22.3. The summed E-state index contributed by atoms with van der Waals surface area (Å²) in [6.07, 6.45) is 5.02. The average molecular weight is 439 g/mol. The second kappa shape index (κ2) is 14.0. The zero-order valence-corrected chi connectivity index (χ0v) is 18.3. The van der Waals surface area contributed by atoms with Crippen molar-refractivity contribution >= 4 is 24.2 Å². The lowest BCUT2D eigenvalue weighted by molar-refractivity contribution is -0.145. The third-order valence-electron chi connectivity index (χ3n) is 4.25. The molecular weight excluding hydrogens is 412 g/mol. The van der Waals surface area contributed by atoms with Gasteiger partial charge in [-0.1, -0.05) is 36.8 Å². The van der Waals surface area contributed by atoms with Crippen LogP contribution in [-0.2, 0) is 20.9 Å². The first-order valence-corrected chi connectivity index (χ1v) is 10.8. The molecule has 0 spiro atoms. The summed E-state index contributed by atoms with van der Waals surface area (Å²) in [5.74, 6) is 0.376. The van der Waals surface area contributed by atoms with Crippen LogP contribution in [0.5, 0.6) is 5.75 Å². The highest BCUT2D eigenvalue weighted by molar-refractivity contribution is 8.00. The lowest BCUT2D eigenvalue weighted by Crippen LogP contribution is -2.13. The highest BCUT2D eigenvalue weighted by Crippen LogP contribution is 2.24. The Morgan fingerprint density at radius 1 is 1.10 bits per heavy atom. The van der Waals surface area contributed by atoms with E-state index in [0.29, 0.717) is 35.7 Å². The molecule has 0 aliphatic rings. The molecule has 6 nitrogen and oxygen atoms in total. The van der Waals surface area contributed by atoms with E-state index in [-0.39, 0.29) is 5.97 Å². The number of nitriles is 1. The van der Waals surface area contributed by atoms with Gasteiger partial charge in [-0.15, -0.1) is 0 Å². The van der Waals surface area contributed by atoms with E-state index < -0.39 is 0 Å². The Morgan fingerprint density at radius 2 is 1.84 bits per heavy atom. The summed E-state index contributed by atoms with van der Waals surface area (Å²) < 4.78 is 13.0. The second-order valence-corrected chi connectivity index (χ2v) is 7.97. The van der Waals surface area contributed by atoms with E-state index in [1.54, 1.807) is 24.3 Å². The fourth-order valence-corrected chi connectivity index (χ4v) is 3.42. The molecule has 2 aromatic carbocycles. The zero-order valence-electron chi connectivity index (χ0n) is 17.5. The summed E-state index contributed by atoms with van der Waals surface area (Å²) in [4.78, 5) is 22.8. The monoisotopic (exact) mass is 438 g/mol. The van der Waals surface area contributed by atoms with Gasteiger partial charge in [0.1, 0.15) is 18.6 Å². The van der Waals surface area contributed by atoms with Gasteiger partial charge in [0.15, 0.2) is 5.09 Å². The largest absolute Gasteiger partial charge is 0.461 e. The predicted octanol–water partition coefficient (Wildman–Crippen LogP) is 4.86. The number of hydrogen-bond acceptors (Lipinski definition) is 7. The Morgan fingerprint density at radius 3 is 2.52 bits per heavy atom. The van der Waals surface area contributed by atoms with Crippen molar-refractivity contribution in [3.8, 4) is 11.8 Å². The first-order chi connectivity index (χ1) is 15.1. The smallest absolute Gasteiger partial charge is 0.306 e. The van der Waals surface area contributed by atoms with E-state index in [9.17, 15) is 9.59 Å². The lowest BCUT2D eigenvalue weighted by Gasteiger charge is -2.17. The topological polar surface area (TPSA) is 79.6 Å². The van der Waals surface area contributed by atoms with Crippen molar-refractivity contribution < 1.29 is 19.1 Å². The van der Waals surface area contributed by atoms with Gasteiger partial charge in [-0.2, -0.15) is 5.26 Å². The quantitative estimate of drug-likeness (QED) is 0.110. The number of rotatable bonds is 13. The number of allylic oxidation sites excluding steroid dienone is 1. The van der Waals surface area contributed by atoms with Gasteiger partial charge in [-0.3, -0.25) is 9.59 Å². The van der Waals surface area contributed by atoms with Crippen LogP contribution in [-0.4, -0.2) is 30.2 Å². The Labute approximate surface area is 187 Å². The molecule has 0 aliphatic carbocycles. The molecule has 0 bridgehead atoms. The van der Waals surface area contributed by atoms with Gasteiger partial charge in [0.25, 0.3) is 0 Å². The molecule has 162 valence electrons. The number of nitrogens with zero attached hydrogens (tertiary/aromatic N) is 2. The number of aldehydes is 1. The summed E-state index contributed by atoms with van der Waals surface area (Å²) in [6.45, 7) is 1.08. The summed E-state index contributed by atoms with van der Waals surface area (Å²) in [6, 6.07) is 18.4. The van der Waals surface area contributed by atoms with Crippen LogP contribution in [0.3, 0.4) is 0 Å². The van der Waals surface area contributed by atoms with E-state index in [1.165, 1.54) is 18.0 Å². The van der Waals surface area contributed by atoms with Crippen LogP contribution in [0.15, 0.2) is 65.8 Å². The van der Waals surface area contributed by atoms with E-state index in [4.69, 9.17) is 14.7 Å². The summed E-state index contributed by atoms with van der Waals surface area (Å²) in [7, 11) is 1.92. The predicted molar refractivity (Wildman–Crippen MR) is 121 cm³/mol. The molecule has 0 aromatic heterocycles. The van der Waals surface area contributed by atoms with Crippen LogP contribution < -0.4 is 4.74 Å². The molecule has 0 radical (unpaired) electrons. The number of carbonyl (C=O) groups is 2. The van der Waals surface area contributed by atoms with Gasteiger partial charge in [0, 0.05) is 19.0 Å². The molecule has 31 heavy (non-hydrogen) atoms. The minimum atomic E-state index is -0.182. The molecule has 0 saturated carbocycles. The number of unbranched alkanes of at least 4 members (excludes halogenated alkanes) is 2. The van der Waals surface area contributed by atoms with Crippen molar-refractivity contribution in [1.29, 1.82) is 5.26 Å². The van der Waals surface area contributed by atoms with Gasteiger partial charge < -0.3 is 9.47 Å².